The smallest absolute Gasteiger partial charge is 0.435 e. The minimum absolute atomic E-state index is 0.292. The fourth-order valence-electron chi connectivity index (χ4n) is 2.05. The largest absolute Gasteiger partial charge is 0.463 e. The number of ether oxygens (including phenoxy) is 2. The Morgan fingerprint density at radius 3 is 2.67 bits per heavy atom. The molecule has 0 aliphatic carbocycles. The zero-order valence-corrected chi connectivity index (χ0v) is 15.6. The first-order valence-corrected chi connectivity index (χ1v) is 8.27. The third-order valence-corrected chi connectivity index (χ3v) is 3.57. The normalized spacial score (nSPS) is 11.9. The summed E-state index contributed by atoms with van der Waals surface area (Å²) in [6.45, 7) is 7.38. The van der Waals surface area contributed by atoms with Crippen molar-refractivity contribution in [3.63, 3.8) is 0 Å². The molecular formula is C17H19BrN2O4. The van der Waals surface area contributed by atoms with Crippen molar-refractivity contribution in [2.24, 2.45) is 0 Å². The Labute approximate surface area is 148 Å². The molecule has 0 N–H and O–H groups in total. The summed E-state index contributed by atoms with van der Waals surface area (Å²) >= 11 is 3.45. The van der Waals surface area contributed by atoms with Gasteiger partial charge in [0.15, 0.2) is 0 Å². The van der Waals surface area contributed by atoms with E-state index in [1.54, 1.807) is 39.8 Å². The summed E-state index contributed by atoms with van der Waals surface area (Å²) < 4.78 is 12.2. The van der Waals surface area contributed by atoms with Gasteiger partial charge in [0.05, 0.1) is 17.8 Å². The van der Waals surface area contributed by atoms with Crippen molar-refractivity contribution < 1.29 is 19.1 Å². The fourth-order valence-corrected chi connectivity index (χ4v) is 2.61. The number of halogens is 1. The zero-order valence-electron chi connectivity index (χ0n) is 14.0. The van der Waals surface area contributed by atoms with Gasteiger partial charge in [-0.05, 0) is 45.9 Å². The van der Waals surface area contributed by atoms with E-state index in [4.69, 9.17) is 9.47 Å². The van der Waals surface area contributed by atoms with E-state index in [-0.39, 0.29) is 0 Å². The Balaban J connectivity index is 2.49. The van der Waals surface area contributed by atoms with Crippen molar-refractivity contribution in [2.75, 3.05) is 6.61 Å². The lowest BCUT2D eigenvalue weighted by Crippen LogP contribution is -2.27. The predicted octanol–water partition coefficient (Wildman–Crippen LogP) is 4.16. The number of carbonyl (C=O) groups is 2. The standard InChI is InChI=1S/C17H19BrN2O4/c1-5-23-14(21)10-9-12-15-11(18)7-6-8-13(15)20(19-12)16(22)24-17(2,3)4/h6-10H,5H2,1-4H3. The van der Waals surface area contributed by atoms with E-state index in [9.17, 15) is 9.59 Å². The quantitative estimate of drug-likeness (QED) is 0.577. The molecule has 1 aromatic heterocycles. The van der Waals surface area contributed by atoms with Crippen molar-refractivity contribution in [3.05, 3.63) is 34.4 Å². The Morgan fingerprint density at radius 2 is 2.04 bits per heavy atom. The first-order valence-electron chi connectivity index (χ1n) is 7.48. The van der Waals surface area contributed by atoms with Crippen molar-refractivity contribution >= 4 is 45.0 Å². The summed E-state index contributed by atoms with van der Waals surface area (Å²) in [7, 11) is 0. The lowest BCUT2D eigenvalue weighted by molar-refractivity contribution is -0.137. The Morgan fingerprint density at radius 1 is 1.33 bits per heavy atom. The van der Waals surface area contributed by atoms with Gasteiger partial charge in [0.1, 0.15) is 5.60 Å². The molecule has 2 aromatic rings. The van der Waals surface area contributed by atoms with Gasteiger partial charge in [0.25, 0.3) is 0 Å². The van der Waals surface area contributed by atoms with Gasteiger partial charge in [0, 0.05) is 15.9 Å². The van der Waals surface area contributed by atoms with E-state index in [0.717, 1.165) is 4.47 Å². The molecule has 0 bridgehead atoms. The second-order valence-electron chi connectivity index (χ2n) is 6.00. The maximum atomic E-state index is 12.4. The Kier molecular flexibility index (Phi) is 5.43. The van der Waals surface area contributed by atoms with Crippen LogP contribution in [0.15, 0.2) is 28.7 Å². The van der Waals surface area contributed by atoms with Gasteiger partial charge in [-0.2, -0.15) is 9.78 Å². The molecule has 0 saturated heterocycles. The van der Waals surface area contributed by atoms with Crippen LogP contribution in [0.25, 0.3) is 17.0 Å². The zero-order chi connectivity index (χ0) is 17.9. The van der Waals surface area contributed by atoms with Gasteiger partial charge >= 0.3 is 12.1 Å². The highest BCUT2D eigenvalue weighted by Crippen LogP contribution is 2.28. The molecule has 0 radical (unpaired) electrons. The number of fused-ring (bicyclic) bond motifs is 1. The van der Waals surface area contributed by atoms with Crippen LogP contribution in [0.2, 0.25) is 0 Å². The third-order valence-electron chi connectivity index (χ3n) is 2.91. The summed E-state index contributed by atoms with van der Waals surface area (Å²) in [5.74, 6) is -0.468. The third kappa shape index (κ3) is 4.23. The summed E-state index contributed by atoms with van der Waals surface area (Å²) in [6, 6.07) is 5.40. The number of benzene rings is 1. The Bertz CT molecular complexity index is 803. The van der Waals surface area contributed by atoms with Gasteiger partial charge in [-0.3, -0.25) is 0 Å². The number of hydrogen-bond acceptors (Lipinski definition) is 5. The molecule has 0 amide bonds. The maximum Gasteiger partial charge on any atom is 0.435 e. The van der Waals surface area contributed by atoms with Gasteiger partial charge in [0.2, 0.25) is 0 Å². The van der Waals surface area contributed by atoms with Crippen LogP contribution in [0.5, 0.6) is 0 Å². The van der Waals surface area contributed by atoms with E-state index >= 15 is 0 Å². The monoisotopic (exact) mass is 394 g/mol. The molecule has 0 fully saturated rings. The molecule has 1 heterocycles. The van der Waals surface area contributed by atoms with Crippen LogP contribution < -0.4 is 0 Å². The molecule has 128 valence electrons. The van der Waals surface area contributed by atoms with E-state index in [2.05, 4.69) is 21.0 Å². The second-order valence-corrected chi connectivity index (χ2v) is 6.85. The predicted molar refractivity (Wildman–Crippen MR) is 94.7 cm³/mol. The Hall–Kier alpha value is -2.15. The number of carbonyl (C=O) groups excluding carboxylic acids is 2. The lowest BCUT2D eigenvalue weighted by atomic mass is 10.2. The molecule has 0 atom stereocenters. The maximum absolute atomic E-state index is 12.4. The molecule has 7 heteroatoms. The van der Waals surface area contributed by atoms with Gasteiger partial charge in [-0.1, -0.05) is 22.0 Å². The molecule has 1 aromatic carbocycles. The number of nitrogens with zero attached hydrogens (tertiary/aromatic N) is 2. The number of esters is 1. The summed E-state index contributed by atoms with van der Waals surface area (Å²) in [5.41, 5.74) is 0.418. The van der Waals surface area contributed by atoms with E-state index < -0.39 is 17.7 Å². The number of aromatic nitrogens is 2. The van der Waals surface area contributed by atoms with Crippen molar-refractivity contribution in [1.29, 1.82) is 0 Å². The van der Waals surface area contributed by atoms with Crippen molar-refractivity contribution in [3.8, 4) is 0 Å². The van der Waals surface area contributed by atoms with Crippen LogP contribution in [-0.4, -0.2) is 34.1 Å². The molecule has 0 unspecified atom stereocenters. The van der Waals surface area contributed by atoms with Crippen LogP contribution in [0.3, 0.4) is 0 Å². The van der Waals surface area contributed by atoms with Crippen LogP contribution in [0.4, 0.5) is 4.79 Å². The molecule has 6 nitrogen and oxygen atoms in total. The highest BCUT2D eigenvalue weighted by molar-refractivity contribution is 9.10. The first kappa shape index (κ1) is 18.2. The molecule has 2 rings (SSSR count). The van der Waals surface area contributed by atoms with Crippen LogP contribution >= 0.6 is 15.9 Å². The van der Waals surface area contributed by atoms with E-state index in [1.165, 1.54) is 16.8 Å². The van der Waals surface area contributed by atoms with Gasteiger partial charge < -0.3 is 9.47 Å². The summed E-state index contributed by atoms with van der Waals surface area (Å²) in [4.78, 5) is 23.9. The molecular weight excluding hydrogens is 376 g/mol. The molecule has 0 spiro atoms. The van der Waals surface area contributed by atoms with Crippen LogP contribution in [-0.2, 0) is 14.3 Å². The second kappa shape index (κ2) is 7.17. The number of hydrogen-bond donors (Lipinski definition) is 0. The first-order chi connectivity index (χ1) is 11.2. The molecule has 0 aliphatic rings. The minimum atomic E-state index is -0.637. The number of rotatable bonds is 3. The van der Waals surface area contributed by atoms with Crippen LogP contribution in [0.1, 0.15) is 33.4 Å². The average molecular weight is 395 g/mol. The lowest BCUT2D eigenvalue weighted by Gasteiger charge is -2.19. The van der Waals surface area contributed by atoms with E-state index in [0.29, 0.717) is 23.2 Å². The van der Waals surface area contributed by atoms with Gasteiger partial charge in [-0.15, -0.1) is 0 Å². The van der Waals surface area contributed by atoms with E-state index in [1.807, 2.05) is 6.07 Å². The minimum Gasteiger partial charge on any atom is -0.463 e. The highest BCUT2D eigenvalue weighted by Gasteiger charge is 2.22. The summed E-state index contributed by atoms with van der Waals surface area (Å²) in [6.07, 6.45) is 2.22. The average Bonchev–Trinajstić information content (AvgIpc) is 2.84. The highest BCUT2D eigenvalue weighted by atomic mass is 79.9. The van der Waals surface area contributed by atoms with Crippen molar-refractivity contribution in [1.82, 2.24) is 9.78 Å². The fraction of sp³-hybridized carbons (Fsp3) is 0.353. The summed E-state index contributed by atoms with van der Waals surface area (Å²) in [5, 5.41) is 5.00. The SMILES string of the molecule is CCOC(=O)C=Cc1nn(C(=O)OC(C)(C)C)c2cccc(Br)c12. The van der Waals surface area contributed by atoms with Gasteiger partial charge in [-0.25, -0.2) is 9.59 Å². The molecule has 0 aliphatic heterocycles. The topological polar surface area (TPSA) is 70.4 Å². The van der Waals surface area contributed by atoms with Crippen molar-refractivity contribution in [2.45, 2.75) is 33.3 Å². The van der Waals surface area contributed by atoms with Crippen LogP contribution in [0, 0.1) is 0 Å². The molecule has 24 heavy (non-hydrogen) atoms. The molecule has 0 saturated carbocycles.